The van der Waals surface area contributed by atoms with Gasteiger partial charge in [-0.2, -0.15) is 5.26 Å². The zero-order valence-corrected chi connectivity index (χ0v) is 12.6. The summed E-state index contributed by atoms with van der Waals surface area (Å²) in [4.78, 5) is 4.37. The molecule has 0 fully saturated rings. The number of aromatic nitrogens is 1. The summed E-state index contributed by atoms with van der Waals surface area (Å²) in [5.41, 5.74) is 1.72. The largest absolute Gasteiger partial charge is 0.474 e. The van der Waals surface area contributed by atoms with Gasteiger partial charge in [0.2, 0.25) is 5.88 Å². The van der Waals surface area contributed by atoms with Gasteiger partial charge in [-0.15, -0.1) is 0 Å². The summed E-state index contributed by atoms with van der Waals surface area (Å²) < 4.78 is 19.2. The van der Waals surface area contributed by atoms with E-state index in [1.54, 1.807) is 18.2 Å². The van der Waals surface area contributed by atoms with E-state index in [9.17, 15) is 4.39 Å². The van der Waals surface area contributed by atoms with Crippen molar-refractivity contribution in [3.63, 3.8) is 0 Å². The number of nitriles is 1. The normalized spacial score (nSPS) is 10.4. The van der Waals surface area contributed by atoms with Crippen molar-refractivity contribution in [1.29, 1.82) is 5.26 Å². The van der Waals surface area contributed by atoms with Gasteiger partial charge in [0.25, 0.3) is 0 Å². The molecule has 20 heavy (non-hydrogen) atoms. The summed E-state index contributed by atoms with van der Waals surface area (Å²) in [5.74, 6) is -0.0257. The molecule has 0 unspecified atom stereocenters. The zero-order chi connectivity index (χ0) is 14.7. The van der Waals surface area contributed by atoms with E-state index in [1.165, 1.54) is 12.1 Å². The first-order chi connectivity index (χ1) is 9.51. The minimum Gasteiger partial charge on any atom is -0.474 e. The van der Waals surface area contributed by atoms with Gasteiger partial charge in [-0.1, -0.05) is 0 Å². The van der Waals surface area contributed by atoms with Gasteiger partial charge < -0.3 is 4.74 Å². The van der Waals surface area contributed by atoms with Crippen LogP contribution in [0.5, 0.6) is 5.88 Å². The lowest BCUT2D eigenvalue weighted by molar-refractivity contribution is 0.232. The van der Waals surface area contributed by atoms with Crippen molar-refractivity contribution >= 4 is 15.9 Å². The van der Waals surface area contributed by atoms with Gasteiger partial charge in [0.1, 0.15) is 17.4 Å². The molecule has 3 nitrogen and oxygen atoms in total. The average molecular weight is 335 g/mol. The Balaban J connectivity index is 2.53. The highest BCUT2D eigenvalue weighted by atomic mass is 79.9. The molecule has 102 valence electrons. The van der Waals surface area contributed by atoms with E-state index in [0.29, 0.717) is 15.7 Å². The maximum atomic E-state index is 13.0. The number of rotatable bonds is 3. The van der Waals surface area contributed by atoms with Gasteiger partial charge in [0.05, 0.1) is 11.8 Å². The van der Waals surface area contributed by atoms with E-state index >= 15 is 0 Å². The predicted molar refractivity (Wildman–Crippen MR) is 77.8 cm³/mol. The third-order valence-corrected chi connectivity index (χ3v) is 3.13. The molecule has 1 aromatic carbocycles. The van der Waals surface area contributed by atoms with Crippen molar-refractivity contribution in [3.8, 4) is 23.2 Å². The smallest absolute Gasteiger partial charge is 0.232 e. The molecule has 1 aromatic heterocycles. The topological polar surface area (TPSA) is 45.9 Å². The molecule has 1 heterocycles. The molecule has 0 spiro atoms. The molecule has 2 rings (SSSR count). The summed E-state index contributed by atoms with van der Waals surface area (Å²) in [5, 5.41) is 9.11. The second kappa shape index (κ2) is 6.02. The van der Waals surface area contributed by atoms with Crippen LogP contribution in [-0.2, 0) is 0 Å². The molecule has 0 N–H and O–H groups in total. The van der Waals surface area contributed by atoms with Gasteiger partial charge in [0, 0.05) is 10.0 Å². The first-order valence-electron chi connectivity index (χ1n) is 6.04. The number of benzene rings is 1. The number of hydrogen-bond acceptors (Lipinski definition) is 3. The SMILES string of the molecule is CC(C)Oc1nc(-c2ccc(F)cc2)c(Br)cc1C#N. The lowest BCUT2D eigenvalue weighted by atomic mass is 10.1. The number of pyridine rings is 1. The van der Waals surface area contributed by atoms with Crippen LogP contribution in [0.4, 0.5) is 4.39 Å². The number of nitrogens with zero attached hydrogens (tertiary/aromatic N) is 2. The monoisotopic (exact) mass is 334 g/mol. The fourth-order valence-corrected chi connectivity index (χ4v) is 2.22. The van der Waals surface area contributed by atoms with Crippen LogP contribution < -0.4 is 4.74 Å². The van der Waals surface area contributed by atoms with Crippen molar-refractivity contribution in [2.24, 2.45) is 0 Å². The molecule has 0 atom stereocenters. The summed E-state index contributed by atoms with van der Waals surface area (Å²) >= 11 is 3.38. The number of hydrogen-bond donors (Lipinski definition) is 0. The Kier molecular flexibility index (Phi) is 4.35. The number of halogens is 2. The summed E-state index contributed by atoms with van der Waals surface area (Å²) in [6, 6.07) is 9.70. The second-order valence-corrected chi connectivity index (χ2v) is 5.31. The first kappa shape index (κ1) is 14.5. The van der Waals surface area contributed by atoms with Crippen molar-refractivity contribution in [2.75, 3.05) is 0 Å². The van der Waals surface area contributed by atoms with E-state index < -0.39 is 0 Å². The highest BCUT2D eigenvalue weighted by Gasteiger charge is 2.14. The fraction of sp³-hybridized carbons (Fsp3) is 0.200. The van der Waals surface area contributed by atoms with E-state index in [1.807, 2.05) is 13.8 Å². The Morgan fingerprint density at radius 1 is 1.30 bits per heavy atom. The Hall–Kier alpha value is -1.93. The first-order valence-corrected chi connectivity index (χ1v) is 6.84. The molecule has 0 saturated carbocycles. The van der Waals surface area contributed by atoms with Gasteiger partial charge in [0.15, 0.2) is 0 Å². The minimum atomic E-state index is -0.308. The molecular formula is C15H12BrFN2O. The van der Waals surface area contributed by atoms with Crippen LogP contribution in [0.1, 0.15) is 19.4 Å². The fourth-order valence-electron chi connectivity index (χ4n) is 1.68. The summed E-state index contributed by atoms with van der Waals surface area (Å²) in [6.07, 6.45) is -0.0863. The van der Waals surface area contributed by atoms with Crippen molar-refractivity contribution in [1.82, 2.24) is 4.98 Å². The molecule has 0 aliphatic rings. The van der Waals surface area contributed by atoms with Gasteiger partial charge in [-0.25, -0.2) is 9.37 Å². The summed E-state index contributed by atoms with van der Waals surface area (Å²) in [6.45, 7) is 3.73. The van der Waals surface area contributed by atoms with Gasteiger partial charge in [-0.05, 0) is 60.1 Å². The lowest BCUT2D eigenvalue weighted by Gasteiger charge is -2.13. The molecule has 0 amide bonds. The zero-order valence-electron chi connectivity index (χ0n) is 11.0. The van der Waals surface area contributed by atoms with E-state index in [0.717, 1.165) is 5.56 Å². The second-order valence-electron chi connectivity index (χ2n) is 4.46. The predicted octanol–water partition coefficient (Wildman–Crippen LogP) is 4.31. The highest BCUT2D eigenvalue weighted by molar-refractivity contribution is 9.10. The van der Waals surface area contributed by atoms with Crippen LogP contribution in [0.25, 0.3) is 11.3 Å². The Morgan fingerprint density at radius 3 is 2.50 bits per heavy atom. The van der Waals surface area contributed by atoms with Crippen molar-refractivity contribution < 1.29 is 9.13 Å². The molecule has 0 saturated heterocycles. The quantitative estimate of drug-likeness (QED) is 0.840. The highest BCUT2D eigenvalue weighted by Crippen LogP contribution is 2.31. The van der Waals surface area contributed by atoms with Crippen LogP contribution >= 0.6 is 15.9 Å². The summed E-state index contributed by atoms with van der Waals surface area (Å²) in [7, 11) is 0. The molecule has 0 aliphatic heterocycles. The van der Waals surface area contributed by atoms with E-state index in [4.69, 9.17) is 10.00 Å². The molecule has 2 aromatic rings. The van der Waals surface area contributed by atoms with E-state index in [-0.39, 0.29) is 17.8 Å². The number of ether oxygens (including phenoxy) is 1. The van der Waals surface area contributed by atoms with Gasteiger partial charge >= 0.3 is 0 Å². The molecule has 0 radical (unpaired) electrons. The van der Waals surface area contributed by atoms with Gasteiger partial charge in [-0.3, -0.25) is 0 Å². The lowest BCUT2D eigenvalue weighted by Crippen LogP contribution is -2.09. The van der Waals surface area contributed by atoms with Crippen LogP contribution in [0.15, 0.2) is 34.8 Å². The molecule has 0 bridgehead atoms. The van der Waals surface area contributed by atoms with Crippen LogP contribution in [0.2, 0.25) is 0 Å². The van der Waals surface area contributed by atoms with Crippen LogP contribution in [0.3, 0.4) is 0 Å². The van der Waals surface area contributed by atoms with Crippen molar-refractivity contribution in [3.05, 3.63) is 46.2 Å². The Bertz CT molecular complexity index is 663. The standard InChI is InChI=1S/C15H12BrFN2O/c1-9(2)20-15-11(8-18)7-13(16)14(19-15)10-3-5-12(17)6-4-10/h3-7,9H,1-2H3. The van der Waals surface area contributed by atoms with Crippen molar-refractivity contribution in [2.45, 2.75) is 20.0 Å². The minimum absolute atomic E-state index is 0.0863. The molecular weight excluding hydrogens is 323 g/mol. The van der Waals surface area contributed by atoms with Crippen LogP contribution in [0, 0.1) is 17.1 Å². The maximum Gasteiger partial charge on any atom is 0.232 e. The average Bonchev–Trinajstić information content (AvgIpc) is 2.41. The Morgan fingerprint density at radius 2 is 1.95 bits per heavy atom. The molecule has 5 heteroatoms. The third-order valence-electron chi connectivity index (χ3n) is 2.53. The Labute approximate surface area is 125 Å². The molecule has 0 aliphatic carbocycles. The third kappa shape index (κ3) is 3.14. The van der Waals surface area contributed by atoms with E-state index in [2.05, 4.69) is 27.0 Å². The van der Waals surface area contributed by atoms with Crippen LogP contribution in [-0.4, -0.2) is 11.1 Å². The maximum absolute atomic E-state index is 13.0.